The lowest BCUT2D eigenvalue weighted by atomic mass is 9.75. The quantitative estimate of drug-likeness (QED) is 0.867. The molecular formula is C14H23BClNO2. The van der Waals surface area contributed by atoms with Gasteiger partial charge in [-0.1, -0.05) is 30.3 Å². The molecule has 0 bridgehead atoms. The maximum absolute atomic E-state index is 6.20. The fourth-order valence-electron chi connectivity index (χ4n) is 2.05. The van der Waals surface area contributed by atoms with Crippen LogP contribution in [0.4, 0.5) is 0 Å². The van der Waals surface area contributed by atoms with E-state index in [2.05, 4.69) is 12.1 Å². The molecule has 1 aromatic rings. The van der Waals surface area contributed by atoms with Gasteiger partial charge in [0.1, 0.15) is 0 Å². The average molecular weight is 284 g/mol. The first-order chi connectivity index (χ1) is 8.32. The Balaban J connectivity index is 0.00000180. The minimum Gasteiger partial charge on any atom is -0.402 e. The molecule has 2 rings (SSSR count). The van der Waals surface area contributed by atoms with Crippen molar-refractivity contribution in [1.29, 1.82) is 0 Å². The van der Waals surface area contributed by atoms with Gasteiger partial charge in [-0.2, -0.15) is 0 Å². The molecule has 106 valence electrons. The normalized spacial score (nSPS) is 21.8. The molecule has 1 aliphatic rings. The van der Waals surface area contributed by atoms with Crippen molar-refractivity contribution in [3.05, 3.63) is 35.9 Å². The fraction of sp³-hybridized carbons (Fsp3) is 0.571. The Bertz CT molecular complexity index is 395. The predicted molar refractivity (Wildman–Crippen MR) is 81.5 cm³/mol. The van der Waals surface area contributed by atoms with Crippen LogP contribution in [0.1, 0.15) is 33.3 Å². The average Bonchev–Trinajstić information content (AvgIpc) is 2.50. The Morgan fingerprint density at radius 1 is 1.05 bits per heavy atom. The largest absolute Gasteiger partial charge is 0.476 e. The zero-order valence-electron chi connectivity index (χ0n) is 12.1. The van der Waals surface area contributed by atoms with Gasteiger partial charge >= 0.3 is 7.12 Å². The van der Waals surface area contributed by atoms with E-state index in [0.717, 1.165) is 6.42 Å². The Labute approximate surface area is 122 Å². The third-order valence-electron chi connectivity index (χ3n) is 3.94. The van der Waals surface area contributed by atoms with Crippen molar-refractivity contribution in [2.75, 3.05) is 0 Å². The summed E-state index contributed by atoms with van der Waals surface area (Å²) in [4.78, 5) is 0. The van der Waals surface area contributed by atoms with Crippen LogP contribution in [0.25, 0.3) is 0 Å². The van der Waals surface area contributed by atoms with Gasteiger partial charge in [0.2, 0.25) is 0 Å². The summed E-state index contributed by atoms with van der Waals surface area (Å²) in [7, 11) is -0.338. The Morgan fingerprint density at radius 2 is 1.53 bits per heavy atom. The molecule has 1 atom stereocenters. The number of hydrogen-bond donors (Lipinski definition) is 1. The third kappa shape index (κ3) is 3.51. The maximum Gasteiger partial charge on any atom is 0.476 e. The molecule has 19 heavy (non-hydrogen) atoms. The highest BCUT2D eigenvalue weighted by Gasteiger charge is 2.52. The zero-order chi connectivity index (χ0) is 13.4. The first-order valence-electron chi connectivity index (χ1n) is 6.47. The second-order valence-corrected chi connectivity index (χ2v) is 5.98. The summed E-state index contributed by atoms with van der Waals surface area (Å²) < 4.78 is 11.9. The van der Waals surface area contributed by atoms with Crippen LogP contribution < -0.4 is 5.73 Å². The number of benzene rings is 1. The van der Waals surface area contributed by atoms with E-state index in [9.17, 15) is 0 Å². The second kappa shape index (κ2) is 5.84. The van der Waals surface area contributed by atoms with E-state index in [0.29, 0.717) is 0 Å². The molecule has 1 unspecified atom stereocenters. The van der Waals surface area contributed by atoms with E-state index in [1.54, 1.807) is 0 Å². The molecule has 0 radical (unpaired) electrons. The summed E-state index contributed by atoms with van der Waals surface area (Å²) in [6.45, 7) is 8.18. The molecule has 0 aromatic heterocycles. The van der Waals surface area contributed by atoms with Crippen molar-refractivity contribution in [2.45, 2.75) is 51.3 Å². The molecule has 1 aromatic carbocycles. The van der Waals surface area contributed by atoms with Crippen molar-refractivity contribution >= 4 is 19.5 Å². The number of rotatable bonds is 3. The van der Waals surface area contributed by atoms with Crippen molar-refractivity contribution in [2.24, 2.45) is 5.73 Å². The molecule has 0 saturated carbocycles. The maximum atomic E-state index is 6.20. The van der Waals surface area contributed by atoms with Crippen molar-refractivity contribution < 1.29 is 9.31 Å². The molecule has 1 fully saturated rings. The molecule has 5 heteroatoms. The summed E-state index contributed by atoms with van der Waals surface area (Å²) in [6.07, 6.45) is 0.762. The molecular weight excluding hydrogens is 260 g/mol. The lowest BCUT2D eigenvalue weighted by molar-refractivity contribution is 0.00578. The smallest absolute Gasteiger partial charge is 0.402 e. The van der Waals surface area contributed by atoms with Gasteiger partial charge in [-0.05, 0) is 39.7 Å². The molecule has 0 spiro atoms. The molecule has 3 nitrogen and oxygen atoms in total. The summed E-state index contributed by atoms with van der Waals surface area (Å²) >= 11 is 0. The number of nitrogens with two attached hydrogens (primary N) is 1. The van der Waals surface area contributed by atoms with E-state index in [-0.39, 0.29) is 36.7 Å². The van der Waals surface area contributed by atoms with E-state index in [1.807, 2.05) is 45.9 Å². The highest BCUT2D eigenvalue weighted by Crippen LogP contribution is 2.37. The van der Waals surface area contributed by atoms with Crippen LogP contribution in [0.3, 0.4) is 0 Å². The summed E-state index contributed by atoms with van der Waals surface area (Å²) in [6, 6.07) is 10.2. The van der Waals surface area contributed by atoms with E-state index < -0.39 is 0 Å². The van der Waals surface area contributed by atoms with Crippen LogP contribution >= 0.6 is 12.4 Å². The van der Waals surface area contributed by atoms with Gasteiger partial charge in [-0.25, -0.2) is 0 Å². The number of hydrogen-bond acceptors (Lipinski definition) is 3. The summed E-state index contributed by atoms with van der Waals surface area (Å²) in [5, 5.41) is 0. The van der Waals surface area contributed by atoms with Gasteiger partial charge in [0.15, 0.2) is 0 Å². The molecule has 0 aliphatic carbocycles. The molecule has 1 heterocycles. The summed E-state index contributed by atoms with van der Waals surface area (Å²) in [5.74, 6) is -0.145. The van der Waals surface area contributed by atoms with Crippen LogP contribution in [0.15, 0.2) is 30.3 Å². The molecule has 0 amide bonds. The minimum atomic E-state index is -0.338. The van der Waals surface area contributed by atoms with Crippen molar-refractivity contribution in [1.82, 2.24) is 0 Å². The Hall–Kier alpha value is -0.545. The monoisotopic (exact) mass is 283 g/mol. The third-order valence-corrected chi connectivity index (χ3v) is 3.94. The van der Waals surface area contributed by atoms with Gasteiger partial charge in [0.25, 0.3) is 0 Å². The highest BCUT2D eigenvalue weighted by atomic mass is 35.5. The SMILES string of the molecule is CC1(C)OB(C(N)Cc2ccccc2)OC1(C)C.Cl. The fourth-order valence-corrected chi connectivity index (χ4v) is 2.05. The van der Waals surface area contributed by atoms with Crippen molar-refractivity contribution in [3.63, 3.8) is 0 Å². The minimum absolute atomic E-state index is 0. The Kier molecular flexibility index (Phi) is 5.07. The lowest BCUT2D eigenvalue weighted by Gasteiger charge is -2.32. The van der Waals surface area contributed by atoms with Crippen LogP contribution in [-0.4, -0.2) is 24.3 Å². The highest BCUT2D eigenvalue weighted by molar-refractivity contribution is 6.47. The van der Waals surface area contributed by atoms with E-state index >= 15 is 0 Å². The van der Waals surface area contributed by atoms with Crippen LogP contribution in [0.5, 0.6) is 0 Å². The van der Waals surface area contributed by atoms with Crippen molar-refractivity contribution in [3.8, 4) is 0 Å². The first kappa shape index (κ1) is 16.5. The van der Waals surface area contributed by atoms with Crippen LogP contribution in [-0.2, 0) is 15.7 Å². The first-order valence-corrected chi connectivity index (χ1v) is 6.47. The van der Waals surface area contributed by atoms with Crippen LogP contribution in [0.2, 0.25) is 0 Å². The number of halogens is 1. The van der Waals surface area contributed by atoms with E-state index in [4.69, 9.17) is 15.0 Å². The van der Waals surface area contributed by atoms with Crippen LogP contribution in [0, 0.1) is 0 Å². The molecule has 1 aliphatic heterocycles. The summed E-state index contributed by atoms with van der Waals surface area (Å²) in [5.41, 5.74) is 6.78. The van der Waals surface area contributed by atoms with Gasteiger partial charge in [-0.3, -0.25) is 0 Å². The van der Waals surface area contributed by atoms with Gasteiger partial charge < -0.3 is 15.0 Å². The Morgan fingerprint density at radius 3 is 2.00 bits per heavy atom. The zero-order valence-corrected chi connectivity index (χ0v) is 12.9. The van der Waals surface area contributed by atoms with Gasteiger partial charge in [0.05, 0.1) is 11.2 Å². The van der Waals surface area contributed by atoms with Gasteiger partial charge in [-0.15, -0.1) is 12.4 Å². The topological polar surface area (TPSA) is 44.5 Å². The molecule has 1 saturated heterocycles. The lowest BCUT2D eigenvalue weighted by Crippen LogP contribution is -2.43. The second-order valence-electron chi connectivity index (χ2n) is 5.98. The molecule has 2 N–H and O–H groups in total. The van der Waals surface area contributed by atoms with E-state index in [1.165, 1.54) is 5.56 Å². The predicted octanol–water partition coefficient (Wildman–Crippen LogP) is 2.61. The van der Waals surface area contributed by atoms with Gasteiger partial charge in [0, 0.05) is 5.94 Å². The standard InChI is InChI=1S/C14H22BNO2.ClH/c1-13(2)14(3,4)18-15(17-13)12(16)10-11-8-6-5-7-9-11;/h5-9,12H,10,16H2,1-4H3;1H.